The number of nitrogens with zero attached hydrogens (tertiary/aromatic N) is 2. The van der Waals surface area contributed by atoms with Crippen molar-refractivity contribution in [2.45, 2.75) is 46.0 Å². The number of esters is 2. The molecule has 0 bridgehead atoms. The van der Waals surface area contributed by atoms with Gasteiger partial charge in [-0.05, 0) is 30.5 Å². The Morgan fingerprint density at radius 1 is 1.04 bits per heavy atom. The second-order valence-corrected chi connectivity index (χ2v) is 7.02. The van der Waals surface area contributed by atoms with Gasteiger partial charge in [0.05, 0.1) is 26.5 Å². The second kappa shape index (κ2) is 10.9. The molecular formula is C22H32N2O4. The first-order valence-corrected chi connectivity index (χ1v) is 10.0. The SMILES string of the molecule is CCCCCCN1CC(C(=O)OC)=C(C(=O)OC)N(c2cccc(CC)c2)C1. The fraction of sp³-hybridized carbons (Fsp3) is 0.545. The van der Waals surface area contributed by atoms with Crippen LogP contribution in [0, 0.1) is 0 Å². The van der Waals surface area contributed by atoms with Crippen molar-refractivity contribution in [1.29, 1.82) is 0 Å². The molecule has 6 nitrogen and oxygen atoms in total. The van der Waals surface area contributed by atoms with E-state index in [0.29, 0.717) is 18.8 Å². The lowest BCUT2D eigenvalue weighted by Gasteiger charge is -2.38. The van der Waals surface area contributed by atoms with Crippen LogP contribution >= 0.6 is 0 Å². The zero-order valence-corrected chi connectivity index (χ0v) is 17.5. The maximum absolute atomic E-state index is 12.6. The molecule has 1 aromatic rings. The number of hydrogen-bond donors (Lipinski definition) is 0. The highest BCUT2D eigenvalue weighted by atomic mass is 16.5. The topological polar surface area (TPSA) is 59.1 Å². The lowest BCUT2D eigenvalue weighted by atomic mass is 10.1. The van der Waals surface area contributed by atoms with Crippen molar-refractivity contribution < 1.29 is 19.1 Å². The molecule has 0 saturated heterocycles. The second-order valence-electron chi connectivity index (χ2n) is 7.02. The number of hydrogen-bond acceptors (Lipinski definition) is 6. The van der Waals surface area contributed by atoms with Crippen LogP contribution in [-0.2, 0) is 25.5 Å². The Morgan fingerprint density at radius 2 is 1.79 bits per heavy atom. The van der Waals surface area contributed by atoms with Crippen molar-refractivity contribution >= 4 is 17.6 Å². The molecule has 0 aromatic heterocycles. The van der Waals surface area contributed by atoms with E-state index in [-0.39, 0.29) is 5.70 Å². The van der Waals surface area contributed by atoms with E-state index in [2.05, 4.69) is 30.9 Å². The molecule has 0 aliphatic carbocycles. The number of anilines is 1. The molecule has 1 aliphatic heterocycles. The monoisotopic (exact) mass is 388 g/mol. The molecule has 0 saturated carbocycles. The van der Waals surface area contributed by atoms with Crippen LogP contribution in [0.1, 0.15) is 45.1 Å². The quantitative estimate of drug-likeness (QED) is 0.477. The first kappa shape index (κ1) is 22.0. The summed E-state index contributed by atoms with van der Waals surface area (Å²) < 4.78 is 9.98. The third-order valence-corrected chi connectivity index (χ3v) is 5.05. The van der Waals surface area contributed by atoms with E-state index < -0.39 is 11.9 Å². The van der Waals surface area contributed by atoms with Gasteiger partial charge in [0, 0.05) is 18.8 Å². The Kier molecular flexibility index (Phi) is 8.51. The molecular weight excluding hydrogens is 356 g/mol. The maximum Gasteiger partial charge on any atom is 0.355 e. The van der Waals surface area contributed by atoms with Crippen LogP contribution in [0.2, 0.25) is 0 Å². The molecule has 2 rings (SSSR count). The minimum atomic E-state index is -0.520. The van der Waals surface area contributed by atoms with Crippen LogP contribution in [0.15, 0.2) is 35.5 Å². The highest BCUT2D eigenvalue weighted by molar-refractivity contribution is 6.03. The fourth-order valence-corrected chi connectivity index (χ4v) is 3.46. The summed E-state index contributed by atoms with van der Waals surface area (Å²) in [4.78, 5) is 29.1. The van der Waals surface area contributed by atoms with Gasteiger partial charge in [-0.1, -0.05) is 45.2 Å². The first-order valence-electron chi connectivity index (χ1n) is 10.0. The van der Waals surface area contributed by atoms with E-state index in [1.807, 2.05) is 17.0 Å². The van der Waals surface area contributed by atoms with Crippen molar-refractivity contribution in [3.05, 3.63) is 41.1 Å². The van der Waals surface area contributed by atoms with Crippen LogP contribution in [-0.4, -0.2) is 50.8 Å². The van der Waals surface area contributed by atoms with Crippen molar-refractivity contribution in [1.82, 2.24) is 4.90 Å². The number of ether oxygens (including phenoxy) is 2. The average Bonchev–Trinajstić information content (AvgIpc) is 2.75. The van der Waals surface area contributed by atoms with Crippen LogP contribution in [0.3, 0.4) is 0 Å². The molecule has 0 N–H and O–H groups in total. The molecule has 0 fully saturated rings. The summed E-state index contributed by atoms with van der Waals surface area (Å²) in [5.41, 5.74) is 2.66. The summed E-state index contributed by atoms with van der Waals surface area (Å²) in [7, 11) is 2.68. The van der Waals surface area contributed by atoms with Crippen LogP contribution in [0.4, 0.5) is 5.69 Å². The zero-order chi connectivity index (χ0) is 20.5. The van der Waals surface area contributed by atoms with Gasteiger partial charge in [-0.15, -0.1) is 0 Å². The van der Waals surface area contributed by atoms with E-state index in [1.165, 1.54) is 32.6 Å². The van der Waals surface area contributed by atoms with E-state index >= 15 is 0 Å². The van der Waals surface area contributed by atoms with Gasteiger partial charge < -0.3 is 14.4 Å². The normalized spacial score (nSPS) is 14.9. The van der Waals surface area contributed by atoms with Crippen molar-refractivity contribution in [2.24, 2.45) is 0 Å². The number of carbonyl (C=O) groups is 2. The van der Waals surface area contributed by atoms with Gasteiger partial charge >= 0.3 is 11.9 Å². The smallest absolute Gasteiger partial charge is 0.355 e. The number of aryl methyl sites for hydroxylation is 1. The lowest BCUT2D eigenvalue weighted by Crippen LogP contribution is -2.48. The van der Waals surface area contributed by atoms with Gasteiger partial charge in [-0.25, -0.2) is 9.59 Å². The molecule has 0 amide bonds. The average molecular weight is 389 g/mol. The van der Waals surface area contributed by atoms with Crippen LogP contribution in [0.5, 0.6) is 0 Å². The number of unbranched alkanes of at least 4 members (excludes halogenated alkanes) is 3. The molecule has 0 unspecified atom stereocenters. The van der Waals surface area contributed by atoms with Gasteiger partial charge in [0.1, 0.15) is 5.70 Å². The fourth-order valence-electron chi connectivity index (χ4n) is 3.46. The van der Waals surface area contributed by atoms with Gasteiger partial charge in [0.25, 0.3) is 0 Å². The molecule has 0 spiro atoms. The Bertz CT molecular complexity index is 714. The molecule has 0 atom stereocenters. The highest BCUT2D eigenvalue weighted by Gasteiger charge is 2.34. The molecule has 1 heterocycles. The summed E-state index contributed by atoms with van der Waals surface area (Å²) in [5, 5.41) is 0. The van der Waals surface area contributed by atoms with Crippen molar-refractivity contribution in [3.63, 3.8) is 0 Å². The standard InChI is InChI=1S/C22H32N2O4/c1-5-7-8-9-13-23-15-19(21(25)27-3)20(22(26)28-4)24(16-23)18-12-10-11-17(6-2)14-18/h10-12,14H,5-9,13,15-16H2,1-4H3. The summed E-state index contributed by atoms with van der Waals surface area (Å²) >= 11 is 0. The maximum atomic E-state index is 12.6. The van der Waals surface area contributed by atoms with Gasteiger partial charge in [0.2, 0.25) is 0 Å². The number of methoxy groups -OCH3 is 2. The largest absolute Gasteiger partial charge is 0.466 e. The molecule has 6 heteroatoms. The summed E-state index contributed by atoms with van der Waals surface area (Å²) in [6.45, 7) is 6.05. The van der Waals surface area contributed by atoms with Crippen LogP contribution in [0.25, 0.3) is 0 Å². The van der Waals surface area contributed by atoms with Gasteiger partial charge in [-0.2, -0.15) is 0 Å². The summed E-state index contributed by atoms with van der Waals surface area (Å²) in [6.07, 6.45) is 5.47. The summed E-state index contributed by atoms with van der Waals surface area (Å²) in [5.74, 6) is -1.01. The van der Waals surface area contributed by atoms with E-state index in [0.717, 1.165) is 31.5 Å². The number of carbonyl (C=O) groups excluding carboxylic acids is 2. The minimum Gasteiger partial charge on any atom is -0.466 e. The molecule has 28 heavy (non-hydrogen) atoms. The van der Waals surface area contributed by atoms with E-state index in [1.54, 1.807) is 0 Å². The third kappa shape index (κ3) is 5.35. The Balaban J connectivity index is 2.42. The summed E-state index contributed by atoms with van der Waals surface area (Å²) in [6, 6.07) is 8.04. The molecule has 1 aromatic carbocycles. The Labute approximate surface area is 168 Å². The lowest BCUT2D eigenvalue weighted by molar-refractivity contribution is -0.140. The number of benzene rings is 1. The predicted octanol–water partition coefficient (Wildman–Crippen LogP) is 3.51. The minimum absolute atomic E-state index is 0.271. The Hall–Kier alpha value is -2.34. The van der Waals surface area contributed by atoms with Crippen molar-refractivity contribution in [3.8, 4) is 0 Å². The van der Waals surface area contributed by atoms with E-state index in [4.69, 9.17) is 9.47 Å². The Morgan fingerprint density at radius 3 is 2.43 bits per heavy atom. The highest BCUT2D eigenvalue weighted by Crippen LogP contribution is 2.29. The molecule has 0 radical (unpaired) electrons. The first-order chi connectivity index (χ1) is 13.5. The molecule has 1 aliphatic rings. The predicted molar refractivity (Wildman–Crippen MR) is 110 cm³/mol. The zero-order valence-electron chi connectivity index (χ0n) is 17.5. The van der Waals surface area contributed by atoms with Crippen molar-refractivity contribution in [2.75, 3.05) is 38.9 Å². The van der Waals surface area contributed by atoms with Gasteiger partial charge in [-0.3, -0.25) is 4.90 Å². The van der Waals surface area contributed by atoms with E-state index in [9.17, 15) is 9.59 Å². The number of rotatable bonds is 9. The van der Waals surface area contributed by atoms with Crippen LogP contribution < -0.4 is 4.90 Å². The molecule has 154 valence electrons. The van der Waals surface area contributed by atoms with Gasteiger partial charge in [0.15, 0.2) is 0 Å². The third-order valence-electron chi connectivity index (χ3n) is 5.05.